The minimum absolute atomic E-state index is 0.0215. The second-order valence-electron chi connectivity index (χ2n) is 7.27. The Morgan fingerprint density at radius 3 is 2.39 bits per heavy atom. The number of amides is 2. The molecule has 2 N–H and O–H groups in total. The van der Waals surface area contributed by atoms with Gasteiger partial charge in [-0.15, -0.1) is 0 Å². The van der Waals surface area contributed by atoms with E-state index in [1.807, 2.05) is 43.3 Å². The summed E-state index contributed by atoms with van der Waals surface area (Å²) in [6.45, 7) is 8.61. The monoisotopic (exact) mass is 381 g/mol. The molecule has 148 valence electrons. The number of carbonyl (C=O) groups excluding carboxylic acids is 2. The molecule has 0 heterocycles. The van der Waals surface area contributed by atoms with Gasteiger partial charge in [0.25, 0.3) is 11.8 Å². The average Bonchev–Trinajstić information content (AvgIpc) is 2.67. The minimum Gasteiger partial charge on any atom is -0.493 e. The molecule has 0 bridgehead atoms. The fraction of sp³-hybridized carbons (Fsp3) is 0.318. The van der Waals surface area contributed by atoms with E-state index in [0.29, 0.717) is 17.9 Å². The van der Waals surface area contributed by atoms with Crippen LogP contribution in [0.25, 0.3) is 0 Å². The lowest BCUT2D eigenvalue weighted by atomic mass is 9.87. The van der Waals surface area contributed by atoms with Crippen LogP contribution in [0.3, 0.4) is 0 Å². The highest BCUT2D eigenvalue weighted by Gasteiger charge is 2.14. The SMILES string of the molecule is CCOc1ccccc1/C=N/NC(=O)CNC(=O)c1ccc(C(C)(C)C)cc1. The number of carbonyl (C=O) groups is 2. The lowest BCUT2D eigenvalue weighted by Gasteiger charge is -2.19. The zero-order valence-electron chi connectivity index (χ0n) is 16.8. The Bertz CT molecular complexity index is 837. The molecule has 6 heteroatoms. The first-order chi connectivity index (χ1) is 13.3. The molecule has 0 aromatic heterocycles. The van der Waals surface area contributed by atoms with Crippen LogP contribution < -0.4 is 15.5 Å². The summed E-state index contributed by atoms with van der Waals surface area (Å²) in [4.78, 5) is 24.1. The normalized spacial score (nSPS) is 11.3. The predicted octanol–water partition coefficient (Wildman–Crippen LogP) is 3.26. The number of para-hydroxylation sites is 1. The van der Waals surface area contributed by atoms with Crippen LogP contribution in [-0.2, 0) is 10.2 Å². The molecule has 0 aliphatic rings. The zero-order chi connectivity index (χ0) is 20.6. The fourth-order valence-corrected chi connectivity index (χ4v) is 2.47. The van der Waals surface area contributed by atoms with Crippen LogP contribution in [0.2, 0.25) is 0 Å². The van der Waals surface area contributed by atoms with Crippen molar-refractivity contribution in [3.05, 3.63) is 65.2 Å². The van der Waals surface area contributed by atoms with Crippen LogP contribution in [0, 0.1) is 0 Å². The Labute approximate surface area is 166 Å². The maximum atomic E-state index is 12.2. The van der Waals surface area contributed by atoms with E-state index in [4.69, 9.17) is 4.74 Å². The molecule has 0 atom stereocenters. The van der Waals surface area contributed by atoms with Crippen molar-refractivity contribution >= 4 is 18.0 Å². The Kier molecular flexibility index (Phi) is 7.32. The third-order valence-corrected chi connectivity index (χ3v) is 4.03. The van der Waals surface area contributed by atoms with Crippen molar-refractivity contribution < 1.29 is 14.3 Å². The number of hydrazone groups is 1. The third-order valence-electron chi connectivity index (χ3n) is 4.03. The summed E-state index contributed by atoms with van der Waals surface area (Å²) in [5, 5.41) is 6.51. The van der Waals surface area contributed by atoms with Gasteiger partial charge in [0.1, 0.15) is 5.75 Å². The largest absolute Gasteiger partial charge is 0.493 e. The highest BCUT2D eigenvalue weighted by Crippen LogP contribution is 2.22. The maximum Gasteiger partial charge on any atom is 0.259 e. The second-order valence-corrected chi connectivity index (χ2v) is 7.27. The number of hydrogen-bond donors (Lipinski definition) is 2. The quantitative estimate of drug-likeness (QED) is 0.571. The molecule has 0 fully saturated rings. The maximum absolute atomic E-state index is 12.2. The van der Waals surface area contributed by atoms with Gasteiger partial charge in [0.15, 0.2) is 0 Å². The van der Waals surface area contributed by atoms with E-state index in [0.717, 1.165) is 11.1 Å². The van der Waals surface area contributed by atoms with Crippen LogP contribution in [0.4, 0.5) is 0 Å². The van der Waals surface area contributed by atoms with E-state index in [1.54, 1.807) is 12.1 Å². The van der Waals surface area contributed by atoms with Crippen LogP contribution >= 0.6 is 0 Å². The second kappa shape index (κ2) is 9.69. The lowest BCUT2D eigenvalue weighted by Crippen LogP contribution is -2.34. The van der Waals surface area contributed by atoms with Crippen molar-refractivity contribution in [2.75, 3.05) is 13.2 Å². The topological polar surface area (TPSA) is 79.8 Å². The predicted molar refractivity (Wildman–Crippen MR) is 111 cm³/mol. The van der Waals surface area contributed by atoms with Gasteiger partial charge >= 0.3 is 0 Å². The van der Waals surface area contributed by atoms with Crippen LogP contribution in [0.15, 0.2) is 53.6 Å². The molecule has 0 radical (unpaired) electrons. The van der Waals surface area contributed by atoms with Crippen LogP contribution in [0.1, 0.15) is 49.2 Å². The molecular formula is C22H27N3O3. The third kappa shape index (κ3) is 6.23. The van der Waals surface area contributed by atoms with Gasteiger partial charge < -0.3 is 10.1 Å². The molecule has 28 heavy (non-hydrogen) atoms. The van der Waals surface area contributed by atoms with Crippen molar-refractivity contribution in [2.24, 2.45) is 5.10 Å². The molecule has 0 saturated heterocycles. The summed E-state index contributed by atoms with van der Waals surface area (Å²) in [5.41, 5.74) is 4.83. The molecule has 2 aromatic rings. The molecule has 0 aliphatic carbocycles. The summed E-state index contributed by atoms with van der Waals surface area (Å²) in [6.07, 6.45) is 1.51. The van der Waals surface area contributed by atoms with E-state index in [2.05, 4.69) is 36.6 Å². The van der Waals surface area contributed by atoms with E-state index in [9.17, 15) is 9.59 Å². The molecule has 6 nitrogen and oxygen atoms in total. The summed E-state index contributed by atoms with van der Waals surface area (Å²) in [5.74, 6) is -0.0268. The van der Waals surface area contributed by atoms with Gasteiger partial charge in [0, 0.05) is 11.1 Å². The Morgan fingerprint density at radius 2 is 1.75 bits per heavy atom. The molecule has 2 aromatic carbocycles. The van der Waals surface area contributed by atoms with Gasteiger partial charge in [-0.1, -0.05) is 45.0 Å². The number of benzene rings is 2. The van der Waals surface area contributed by atoms with E-state index in [1.165, 1.54) is 6.21 Å². The van der Waals surface area contributed by atoms with Crippen molar-refractivity contribution in [3.8, 4) is 5.75 Å². The molecule has 0 unspecified atom stereocenters. The van der Waals surface area contributed by atoms with Crippen LogP contribution in [0.5, 0.6) is 5.75 Å². The first-order valence-electron chi connectivity index (χ1n) is 9.23. The number of nitrogens with zero attached hydrogens (tertiary/aromatic N) is 1. The number of hydrogen-bond acceptors (Lipinski definition) is 4. The van der Waals surface area contributed by atoms with Gasteiger partial charge in [-0.3, -0.25) is 9.59 Å². The highest BCUT2D eigenvalue weighted by molar-refractivity contribution is 5.96. The summed E-state index contributed by atoms with van der Waals surface area (Å²) in [6, 6.07) is 14.8. The fourth-order valence-electron chi connectivity index (χ4n) is 2.47. The summed E-state index contributed by atoms with van der Waals surface area (Å²) in [7, 11) is 0. The van der Waals surface area contributed by atoms with Gasteiger partial charge in [0.05, 0.1) is 19.4 Å². The van der Waals surface area contributed by atoms with Crippen molar-refractivity contribution in [2.45, 2.75) is 33.1 Å². The van der Waals surface area contributed by atoms with E-state index in [-0.39, 0.29) is 17.9 Å². The number of nitrogens with one attached hydrogen (secondary N) is 2. The molecule has 0 saturated carbocycles. The lowest BCUT2D eigenvalue weighted by molar-refractivity contribution is -0.120. The Hall–Kier alpha value is -3.15. The van der Waals surface area contributed by atoms with Gasteiger partial charge in [-0.25, -0.2) is 5.43 Å². The molecule has 2 amide bonds. The first kappa shape index (κ1) is 21.2. The molecule has 2 rings (SSSR count). The smallest absolute Gasteiger partial charge is 0.259 e. The van der Waals surface area contributed by atoms with Gasteiger partial charge in [-0.05, 0) is 42.2 Å². The summed E-state index contributed by atoms with van der Waals surface area (Å²) >= 11 is 0. The Morgan fingerprint density at radius 1 is 1.07 bits per heavy atom. The van der Waals surface area contributed by atoms with Crippen molar-refractivity contribution in [1.29, 1.82) is 0 Å². The van der Waals surface area contributed by atoms with Gasteiger partial charge in [0.2, 0.25) is 0 Å². The number of ether oxygens (including phenoxy) is 1. The van der Waals surface area contributed by atoms with Gasteiger partial charge in [-0.2, -0.15) is 5.10 Å². The first-order valence-corrected chi connectivity index (χ1v) is 9.23. The van der Waals surface area contributed by atoms with E-state index >= 15 is 0 Å². The molecular weight excluding hydrogens is 354 g/mol. The van der Waals surface area contributed by atoms with Crippen molar-refractivity contribution in [3.63, 3.8) is 0 Å². The zero-order valence-corrected chi connectivity index (χ0v) is 16.8. The average molecular weight is 381 g/mol. The standard InChI is InChI=1S/C22H27N3O3/c1-5-28-19-9-7-6-8-17(19)14-24-25-20(26)15-23-21(27)16-10-12-18(13-11-16)22(2,3)4/h6-14H,5,15H2,1-4H3,(H,23,27)(H,25,26)/b24-14+. The van der Waals surface area contributed by atoms with E-state index < -0.39 is 5.91 Å². The van der Waals surface area contributed by atoms with Crippen molar-refractivity contribution in [1.82, 2.24) is 10.7 Å². The summed E-state index contributed by atoms with van der Waals surface area (Å²) < 4.78 is 5.49. The number of rotatable bonds is 7. The minimum atomic E-state index is -0.412. The Balaban J connectivity index is 1.84. The molecule has 0 spiro atoms. The highest BCUT2D eigenvalue weighted by atomic mass is 16.5. The van der Waals surface area contributed by atoms with Crippen LogP contribution in [-0.4, -0.2) is 31.2 Å². The molecule has 0 aliphatic heterocycles.